The van der Waals surface area contributed by atoms with Gasteiger partial charge < -0.3 is 15.2 Å². The van der Waals surface area contributed by atoms with Crippen molar-refractivity contribution in [2.45, 2.75) is 45.3 Å². The summed E-state index contributed by atoms with van der Waals surface area (Å²) in [5.74, 6) is -0.978. The van der Waals surface area contributed by atoms with Crippen molar-refractivity contribution in [3.63, 3.8) is 0 Å². The first-order valence-electron chi connectivity index (χ1n) is 12.1. The molecule has 184 valence electrons. The smallest absolute Gasteiger partial charge is 0.333 e. The highest BCUT2D eigenvalue weighted by atomic mass is 16.5. The van der Waals surface area contributed by atoms with Gasteiger partial charge in [-0.25, -0.2) is 9.59 Å². The van der Waals surface area contributed by atoms with Gasteiger partial charge in [-0.2, -0.15) is 0 Å². The zero-order valence-corrected chi connectivity index (χ0v) is 20.4. The number of anilines is 1. The number of hydrogen-bond acceptors (Lipinski definition) is 3. The number of unbranched alkanes of at least 4 members (excludes halogenated alkanes) is 2. The van der Waals surface area contributed by atoms with Crippen LogP contribution in [0.5, 0.6) is 0 Å². The lowest BCUT2D eigenvalue weighted by molar-refractivity contribution is -0.151. The fourth-order valence-corrected chi connectivity index (χ4v) is 3.74. The Bertz CT molecular complexity index is 1080. The van der Waals surface area contributed by atoms with Crippen molar-refractivity contribution in [3.05, 3.63) is 90.0 Å². The summed E-state index contributed by atoms with van der Waals surface area (Å²) in [7, 11) is 1.76. The molecule has 0 aromatic heterocycles. The van der Waals surface area contributed by atoms with Gasteiger partial charge in [0.25, 0.3) is 0 Å². The molecule has 3 aromatic rings. The number of aliphatic carboxylic acids is 1. The minimum atomic E-state index is -0.978. The molecular formula is C29H34N2O4. The number of benzene rings is 3. The molecule has 0 aliphatic heterocycles. The number of nitrogens with zero attached hydrogens (tertiary/aromatic N) is 1. The van der Waals surface area contributed by atoms with Crippen molar-refractivity contribution < 1.29 is 19.4 Å². The number of carbonyl (C=O) groups excluding carboxylic acids is 1. The van der Waals surface area contributed by atoms with Crippen LogP contribution in [0.4, 0.5) is 10.5 Å². The number of nitrogens with one attached hydrogen (secondary N) is 1. The summed E-state index contributed by atoms with van der Waals surface area (Å²) in [6.45, 7) is 3.06. The molecule has 0 fully saturated rings. The molecule has 6 nitrogen and oxygen atoms in total. The lowest BCUT2D eigenvalue weighted by atomic mass is 10.0. The third-order valence-electron chi connectivity index (χ3n) is 5.87. The maximum absolute atomic E-state index is 12.5. The molecule has 0 unspecified atom stereocenters. The van der Waals surface area contributed by atoms with E-state index in [1.54, 1.807) is 11.9 Å². The molecule has 2 amide bonds. The average molecular weight is 475 g/mol. The van der Waals surface area contributed by atoms with Crippen LogP contribution in [0.3, 0.4) is 0 Å². The van der Waals surface area contributed by atoms with Crippen LogP contribution in [-0.4, -0.2) is 36.8 Å². The highest BCUT2D eigenvalue weighted by Crippen LogP contribution is 2.25. The first-order valence-corrected chi connectivity index (χ1v) is 12.1. The van der Waals surface area contributed by atoms with Crippen LogP contribution < -0.4 is 10.2 Å². The highest BCUT2D eigenvalue weighted by Gasteiger charge is 2.19. The van der Waals surface area contributed by atoms with E-state index in [2.05, 4.69) is 12.2 Å². The largest absolute Gasteiger partial charge is 0.479 e. The molecule has 0 saturated carbocycles. The number of carboxylic acids is 1. The SMILES string of the molecule is CCCCCNC(=O)N(C)c1cccc(-c2ccc(C[C@H](OCc3ccccc3)C(=O)O)cc2)c1. The summed E-state index contributed by atoms with van der Waals surface area (Å²) in [5, 5.41) is 12.5. The second-order valence-electron chi connectivity index (χ2n) is 8.57. The Morgan fingerprint density at radius 1 is 0.914 bits per heavy atom. The van der Waals surface area contributed by atoms with Crippen LogP contribution in [0, 0.1) is 0 Å². The third kappa shape index (κ3) is 7.97. The van der Waals surface area contributed by atoms with E-state index in [1.807, 2.05) is 78.9 Å². The zero-order chi connectivity index (χ0) is 25.0. The maximum Gasteiger partial charge on any atom is 0.333 e. The molecule has 0 bridgehead atoms. The molecule has 3 rings (SSSR count). The molecule has 0 heterocycles. The highest BCUT2D eigenvalue weighted by molar-refractivity contribution is 5.92. The zero-order valence-electron chi connectivity index (χ0n) is 20.4. The van der Waals surface area contributed by atoms with E-state index in [9.17, 15) is 14.7 Å². The summed E-state index contributed by atoms with van der Waals surface area (Å²) in [5.41, 5.74) is 4.60. The second-order valence-corrected chi connectivity index (χ2v) is 8.57. The van der Waals surface area contributed by atoms with E-state index in [4.69, 9.17) is 4.74 Å². The number of urea groups is 1. The number of ether oxygens (including phenoxy) is 1. The van der Waals surface area contributed by atoms with Gasteiger partial charge in [-0.15, -0.1) is 0 Å². The van der Waals surface area contributed by atoms with Crippen LogP contribution in [0.1, 0.15) is 37.3 Å². The summed E-state index contributed by atoms with van der Waals surface area (Å²) >= 11 is 0. The molecule has 35 heavy (non-hydrogen) atoms. The van der Waals surface area contributed by atoms with Gasteiger partial charge in [0.2, 0.25) is 0 Å². The van der Waals surface area contributed by atoms with E-state index in [0.717, 1.165) is 47.2 Å². The average Bonchev–Trinajstić information content (AvgIpc) is 2.89. The van der Waals surface area contributed by atoms with E-state index < -0.39 is 12.1 Å². The van der Waals surface area contributed by atoms with Gasteiger partial charge in [0, 0.05) is 25.7 Å². The van der Waals surface area contributed by atoms with Crippen molar-refractivity contribution in [1.29, 1.82) is 0 Å². The Kier molecular flexibility index (Phi) is 9.87. The monoisotopic (exact) mass is 474 g/mol. The first kappa shape index (κ1) is 26.0. The Labute approximate surface area is 207 Å². The molecule has 0 aliphatic rings. The Balaban J connectivity index is 1.62. The predicted octanol–water partition coefficient (Wildman–Crippen LogP) is 5.90. The van der Waals surface area contributed by atoms with Gasteiger partial charge in [0.05, 0.1) is 6.61 Å². The van der Waals surface area contributed by atoms with Crippen LogP contribution in [0.15, 0.2) is 78.9 Å². The van der Waals surface area contributed by atoms with E-state index in [-0.39, 0.29) is 19.1 Å². The third-order valence-corrected chi connectivity index (χ3v) is 5.87. The van der Waals surface area contributed by atoms with Gasteiger partial charge in [-0.05, 0) is 40.8 Å². The second kappa shape index (κ2) is 13.3. The number of rotatable bonds is 12. The summed E-state index contributed by atoms with van der Waals surface area (Å²) in [6, 6.07) is 25.0. The van der Waals surface area contributed by atoms with Crippen molar-refractivity contribution >= 4 is 17.7 Å². The topological polar surface area (TPSA) is 78.9 Å². The number of carbonyl (C=O) groups is 2. The predicted molar refractivity (Wildman–Crippen MR) is 140 cm³/mol. The van der Waals surface area contributed by atoms with Crippen molar-refractivity contribution in [3.8, 4) is 11.1 Å². The maximum atomic E-state index is 12.5. The van der Waals surface area contributed by atoms with E-state index >= 15 is 0 Å². The van der Waals surface area contributed by atoms with Crippen molar-refractivity contribution in [2.24, 2.45) is 0 Å². The molecule has 0 spiro atoms. The number of amides is 2. The summed E-state index contributed by atoms with van der Waals surface area (Å²) in [4.78, 5) is 25.8. The van der Waals surface area contributed by atoms with Crippen LogP contribution in [-0.2, 0) is 22.6 Å². The number of hydrogen-bond donors (Lipinski definition) is 2. The standard InChI is InChI=1S/C29H34N2O4/c1-3-4-8-18-30-29(34)31(2)26-13-9-12-25(20-26)24-16-14-22(15-17-24)19-27(28(32)33)35-21-23-10-6-5-7-11-23/h5-7,9-17,20,27H,3-4,8,18-19,21H2,1-2H3,(H,30,34)(H,32,33)/t27-/m0/s1. The first-order chi connectivity index (χ1) is 17.0. The fourth-order valence-electron chi connectivity index (χ4n) is 3.74. The Hall–Kier alpha value is -3.64. The van der Waals surface area contributed by atoms with Gasteiger partial charge in [-0.1, -0.05) is 86.5 Å². The Morgan fingerprint density at radius 2 is 1.66 bits per heavy atom. The fraction of sp³-hybridized carbons (Fsp3) is 0.310. The molecule has 0 radical (unpaired) electrons. The molecule has 0 saturated heterocycles. The van der Waals surface area contributed by atoms with Crippen LogP contribution in [0.25, 0.3) is 11.1 Å². The summed E-state index contributed by atoms with van der Waals surface area (Å²) < 4.78 is 5.67. The molecule has 3 aromatic carbocycles. The van der Waals surface area contributed by atoms with Gasteiger partial charge >= 0.3 is 12.0 Å². The minimum Gasteiger partial charge on any atom is -0.479 e. The van der Waals surface area contributed by atoms with Gasteiger partial charge in [0.1, 0.15) is 0 Å². The molecule has 6 heteroatoms. The molecule has 0 aliphatic carbocycles. The van der Waals surface area contributed by atoms with Gasteiger partial charge in [0.15, 0.2) is 6.10 Å². The van der Waals surface area contributed by atoms with Crippen molar-refractivity contribution in [1.82, 2.24) is 5.32 Å². The van der Waals surface area contributed by atoms with Crippen LogP contribution >= 0.6 is 0 Å². The number of carboxylic acid groups (broad SMARTS) is 1. The van der Waals surface area contributed by atoms with Gasteiger partial charge in [-0.3, -0.25) is 4.90 Å². The molecule has 1 atom stereocenters. The lowest BCUT2D eigenvalue weighted by Gasteiger charge is -2.19. The van der Waals surface area contributed by atoms with E-state index in [1.165, 1.54) is 0 Å². The molecule has 2 N–H and O–H groups in total. The van der Waals surface area contributed by atoms with Crippen molar-refractivity contribution in [2.75, 3.05) is 18.5 Å². The minimum absolute atomic E-state index is 0.121. The van der Waals surface area contributed by atoms with Crippen LogP contribution in [0.2, 0.25) is 0 Å². The normalized spacial score (nSPS) is 11.6. The Morgan fingerprint density at radius 3 is 2.34 bits per heavy atom. The molecular weight excluding hydrogens is 440 g/mol. The summed E-state index contributed by atoms with van der Waals surface area (Å²) in [6.07, 6.45) is 2.55. The van der Waals surface area contributed by atoms with E-state index in [0.29, 0.717) is 6.54 Å². The lowest BCUT2D eigenvalue weighted by Crippen LogP contribution is -2.37. The quantitative estimate of drug-likeness (QED) is 0.320.